The van der Waals surface area contributed by atoms with Crippen LogP contribution in [-0.2, 0) is 9.59 Å². The number of carbonyl (C=O) groups excluding carboxylic acids is 3. The topological polar surface area (TPSA) is 81.7 Å². The molecule has 0 saturated heterocycles. The standard InChI is InChI=1S/C19H13Br2NO5/c1-9(23)12-3-4-16-15(8-12)22-19(25)17(27-16)7-11-5-13(20)18(14(21)6-11)26-10(2)24/h3-8H,1-2H3,(H,22,25)/b17-7-. The van der Waals surface area contributed by atoms with Crippen molar-refractivity contribution >= 4 is 61.3 Å². The molecular formula is C19H13Br2NO5. The fourth-order valence-electron chi connectivity index (χ4n) is 2.43. The number of fused-ring (bicyclic) bond motifs is 1. The Balaban J connectivity index is 1.93. The Morgan fingerprint density at radius 3 is 2.37 bits per heavy atom. The van der Waals surface area contributed by atoms with Crippen LogP contribution in [0.4, 0.5) is 5.69 Å². The van der Waals surface area contributed by atoms with Crippen LogP contribution in [0.5, 0.6) is 11.5 Å². The molecule has 1 aliphatic rings. The summed E-state index contributed by atoms with van der Waals surface area (Å²) in [6.45, 7) is 2.76. The van der Waals surface area contributed by atoms with Crippen LogP contribution >= 0.6 is 31.9 Å². The Labute approximate surface area is 171 Å². The van der Waals surface area contributed by atoms with Gasteiger partial charge in [0.1, 0.15) is 0 Å². The number of ether oxygens (including phenoxy) is 2. The fraction of sp³-hybridized carbons (Fsp3) is 0.105. The average Bonchev–Trinajstić information content (AvgIpc) is 2.58. The van der Waals surface area contributed by atoms with Crippen molar-refractivity contribution in [3.63, 3.8) is 0 Å². The van der Waals surface area contributed by atoms with Crippen molar-refractivity contribution < 1.29 is 23.9 Å². The van der Waals surface area contributed by atoms with E-state index in [9.17, 15) is 14.4 Å². The molecule has 27 heavy (non-hydrogen) atoms. The first-order valence-corrected chi connectivity index (χ1v) is 9.36. The molecule has 0 aliphatic carbocycles. The van der Waals surface area contributed by atoms with Crippen LogP contribution in [0.3, 0.4) is 0 Å². The number of hydrogen-bond donors (Lipinski definition) is 1. The Hall–Kier alpha value is -2.45. The molecule has 1 aliphatic heterocycles. The van der Waals surface area contributed by atoms with Crippen LogP contribution in [-0.4, -0.2) is 17.7 Å². The third-order valence-corrected chi connectivity index (χ3v) is 4.82. The fourth-order valence-corrected chi connectivity index (χ4v) is 3.82. The van der Waals surface area contributed by atoms with E-state index in [0.717, 1.165) is 0 Å². The molecule has 3 rings (SSSR count). The van der Waals surface area contributed by atoms with Gasteiger partial charge in [-0.25, -0.2) is 0 Å². The third kappa shape index (κ3) is 4.28. The van der Waals surface area contributed by atoms with Crippen molar-refractivity contribution in [2.45, 2.75) is 13.8 Å². The molecule has 8 heteroatoms. The average molecular weight is 495 g/mol. The molecule has 1 heterocycles. The maximum absolute atomic E-state index is 12.3. The summed E-state index contributed by atoms with van der Waals surface area (Å²) in [6.07, 6.45) is 1.56. The van der Waals surface area contributed by atoms with Crippen molar-refractivity contribution in [1.82, 2.24) is 0 Å². The maximum atomic E-state index is 12.3. The van der Waals surface area contributed by atoms with Gasteiger partial charge < -0.3 is 14.8 Å². The summed E-state index contributed by atoms with van der Waals surface area (Å²) < 4.78 is 11.9. The van der Waals surface area contributed by atoms with E-state index in [2.05, 4.69) is 37.2 Å². The predicted molar refractivity (Wildman–Crippen MR) is 107 cm³/mol. The second kappa shape index (κ2) is 7.66. The SMILES string of the molecule is CC(=O)Oc1c(Br)cc(/C=C2\Oc3ccc(C(C)=O)cc3NC2=O)cc1Br. The molecule has 0 bridgehead atoms. The van der Waals surface area contributed by atoms with E-state index in [-0.39, 0.29) is 11.5 Å². The van der Waals surface area contributed by atoms with E-state index in [0.29, 0.717) is 37.3 Å². The molecule has 138 valence electrons. The monoisotopic (exact) mass is 493 g/mol. The van der Waals surface area contributed by atoms with Crippen molar-refractivity contribution in [3.8, 4) is 11.5 Å². The van der Waals surface area contributed by atoms with Gasteiger partial charge in [0, 0.05) is 12.5 Å². The summed E-state index contributed by atoms with van der Waals surface area (Å²) in [7, 11) is 0. The Bertz CT molecular complexity index is 990. The number of carbonyl (C=O) groups is 3. The van der Waals surface area contributed by atoms with Crippen molar-refractivity contribution in [3.05, 3.63) is 56.2 Å². The van der Waals surface area contributed by atoms with Crippen LogP contribution < -0.4 is 14.8 Å². The number of anilines is 1. The molecule has 0 atom stereocenters. The number of halogens is 2. The van der Waals surface area contributed by atoms with Crippen LogP contribution in [0, 0.1) is 0 Å². The predicted octanol–water partition coefficient (Wildman–Crippen LogP) is 4.71. The van der Waals surface area contributed by atoms with Gasteiger partial charge in [0.05, 0.1) is 14.6 Å². The number of ketones is 1. The lowest BCUT2D eigenvalue weighted by atomic mass is 10.1. The van der Waals surface area contributed by atoms with Gasteiger partial charge in [0.25, 0.3) is 5.91 Å². The molecular weight excluding hydrogens is 482 g/mol. The van der Waals surface area contributed by atoms with Crippen LogP contribution in [0.25, 0.3) is 6.08 Å². The highest BCUT2D eigenvalue weighted by Crippen LogP contribution is 2.37. The lowest BCUT2D eigenvalue weighted by Crippen LogP contribution is -2.23. The highest BCUT2D eigenvalue weighted by molar-refractivity contribution is 9.11. The Morgan fingerprint density at radius 2 is 1.78 bits per heavy atom. The van der Waals surface area contributed by atoms with Gasteiger partial charge in [0.2, 0.25) is 0 Å². The molecule has 2 aromatic rings. The van der Waals surface area contributed by atoms with E-state index in [1.165, 1.54) is 13.8 Å². The summed E-state index contributed by atoms with van der Waals surface area (Å²) in [5.41, 5.74) is 1.58. The number of benzene rings is 2. The van der Waals surface area contributed by atoms with Crippen LogP contribution in [0.2, 0.25) is 0 Å². The number of esters is 1. The number of hydrogen-bond acceptors (Lipinski definition) is 5. The minimum Gasteiger partial charge on any atom is -0.449 e. The molecule has 0 saturated carbocycles. The van der Waals surface area contributed by atoms with Crippen molar-refractivity contribution in [1.29, 1.82) is 0 Å². The molecule has 0 fully saturated rings. The number of rotatable bonds is 3. The number of amides is 1. The summed E-state index contributed by atoms with van der Waals surface area (Å²) in [6, 6.07) is 8.24. The zero-order chi connectivity index (χ0) is 19.7. The van der Waals surface area contributed by atoms with E-state index in [4.69, 9.17) is 9.47 Å². The number of Topliss-reactive ketones (excluding diaryl/α,β-unsaturated/α-hetero) is 1. The van der Waals surface area contributed by atoms with Gasteiger partial charge >= 0.3 is 5.97 Å². The summed E-state index contributed by atoms with van der Waals surface area (Å²) in [5, 5.41) is 2.71. The lowest BCUT2D eigenvalue weighted by Gasteiger charge is -2.20. The Morgan fingerprint density at radius 1 is 1.11 bits per heavy atom. The van der Waals surface area contributed by atoms with Gasteiger partial charge in [-0.05, 0) is 80.8 Å². The zero-order valence-corrected chi connectivity index (χ0v) is 17.4. The smallest absolute Gasteiger partial charge is 0.308 e. The second-order valence-electron chi connectivity index (χ2n) is 5.74. The second-order valence-corrected chi connectivity index (χ2v) is 7.45. The summed E-state index contributed by atoms with van der Waals surface area (Å²) >= 11 is 6.69. The van der Waals surface area contributed by atoms with E-state index >= 15 is 0 Å². The van der Waals surface area contributed by atoms with Crippen LogP contribution in [0.15, 0.2) is 45.0 Å². The summed E-state index contributed by atoms with van der Waals surface area (Å²) in [4.78, 5) is 35.0. The highest BCUT2D eigenvalue weighted by atomic mass is 79.9. The first kappa shape index (κ1) is 19.3. The number of nitrogens with one attached hydrogen (secondary N) is 1. The minimum atomic E-state index is -0.445. The molecule has 0 aromatic heterocycles. The quantitative estimate of drug-likeness (QED) is 0.289. The molecule has 0 spiro atoms. The molecule has 6 nitrogen and oxygen atoms in total. The van der Waals surface area contributed by atoms with Gasteiger partial charge in [0.15, 0.2) is 23.0 Å². The molecule has 1 N–H and O–H groups in total. The van der Waals surface area contributed by atoms with Gasteiger partial charge in [-0.15, -0.1) is 0 Å². The lowest BCUT2D eigenvalue weighted by molar-refractivity contribution is -0.132. The zero-order valence-electron chi connectivity index (χ0n) is 14.3. The largest absolute Gasteiger partial charge is 0.449 e. The van der Waals surface area contributed by atoms with E-state index in [1.807, 2.05) is 0 Å². The van der Waals surface area contributed by atoms with E-state index < -0.39 is 11.9 Å². The van der Waals surface area contributed by atoms with Gasteiger partial charge in [-0.1, -0.05) is 0 Å². The van der Waals surface area contributed by atoms with Crippen molar-refractivity contribution in [2.75, 3.05) is 5.32 Å². The van der Waals surface area contributed by atoms with Crippen LogP contribution in [0.1, 0.15) is 29.8 Å². The molecule has 0 unspecified atom stereocenters. The molecule has 1 amide bonds. The molecule has 2 aromatic carbocycles. The summed E-state index contributed by atoms with van der Waals surface area (Å²) in [5.74, 6) is -0.0899. The minimum absolute atomic E-state index is 0.0945. The first-order chi connectivity index (χ1) is 12.7. The normalized spacial score (nSPS) is 14.2. The van der Waals surface area contributed by atoms with E-state index in [1.54, 1.807) is 36.4 Å². The third-order valence-electron chi connectivity index (χ3n) is 3.64. The Kier molecular flexibility index (Phi) is 5.48. The first-order valence-electron chi connectivity index (χ1n) is 7.78. The molecule has 0 radical (unpaired) electrons. The van der Waals surface area contributed by atoms with Gasteiger partial charge in [-0.2, -0.15) is 0 Å². The van der Waals surface area contributed by atoms with Crippen molar-refractivity contribution in [2.24, 2.45) is 0 Å². The van der Waals surface area contributed by atoms with Gasteiger partial charge in [-0.3, -0.25) is 14.4 Å². The highest BCUT2D eigenvalue weighted by Gasteiger charge is 2.23. The maximum Gasteiger partial charge on any atom is 0.308 e.